The summed E-state index contributed by atoms with van der Waals surface area (Å²) in [6, 6.07) is 0. The van der Waals surface area contributed by atoms with E-state index in [2.05, 4.69) is 15.3 Å². The Morgan fingerprint density at radius 1 is 1.67 bits per heavy atom. The Morgan fingerprint density at radius 2 is 2.50 bits per heavy atom. The van der Waals surface area contributed by atoms with E-state index in [1.54, 1.807) is 7.05 Å². The molecule has 8 heteroatoms. The van der Waals surface area contributed by atoms with E-state index in [0.717, 1.165) is 12.8 Å². The van der Waals surface area contributed by atoms with Gasteiger partial charge in [-0.1, -0.05) is 0 Å². The van der Waals surface area contributed by atoms with Gasteiger partial charge in [0.2, 0.25) is 5.82 Å². The number of nitrogens with zero attached hydrogens (tertiary/aromatic N) is 3. The Kier molecular flexibility index (Phi) is 3.88. The molecule has 0 aromatic carbocycles. The molecule has 0 bridgehead atoms. The summed E-state index contributed by atoms with van der Waals surface area (Å²) in [5.74, 6) is 0.104. The number of ether oxygens (including phenoxy) is 2. The van der Waals surface area contributed by atoms with E-state index < -0.39 is 4.92 Å². The molecule has 1 unspecified atom stereocenters. The van der Waals surface area contributed by atoms with Crippen LogP contribution >= 0.6 is 0 Å². The van der Waals surface area contributed by atoms with Gasteiger partial charge in [-0.25, -0.2) is 4.98 Å². The zero-order valence-corrected chi connectivity index (χ0v) is 9.96. The molecule has 0 saturated carbocycles. The van der Waals surface area contributed by atoms with Gasteiger partial charge in [0.05, 0.1) is 11.0 Å². The van der Waals surface area contributed by atoms with Crippen LogP contribution in [0.1, 0.15) is 12.8 Å². The molecular formula is C10H14N4O4. The minimum Gasteiger partial charge on any atom is -0.470 e. The molecule has 1 fully saturated rings. The fourth-order valence-electron chi connectivity index (χ4n) is 1.76. The molecule has 0 aliphatic carbocycles. The third-order valence-corrected chi connectivity index (χ3v) is 2.64. The molecule has 1 aliphatic heterocycles. The lowest BCUT2D eigenvalue weighted by Crippen LogP contribution is -2.17. The first kappa shape index (κ1) is 12.5. The molecule has 2 rings (SSSR count). The lowest BCUT2D eigenvalue weighted by atomic mass is 10.2. The first-order chi connectivity index (χ1) is 8.72. The highest BCUT2D eigenvalue weighted by Crippen LogP contribution is 2.30. The second-order valence-electron chi connectivity index (χ2n) is 3.83. The molecule has 0 radical (unpaired) electrons. The molecule has 8 nitrogen and oxygen atoms in total. The van der Waals surface area contributed by atoms with Gasteiger partial charge in [0.15, 0.2) is 0 Å². The number of rotatable bonds is 5. The van der Waals surface area contributed by atoms with Crippen LogP contribution in [0.25, 0.3) is 0 Å². The molecule has 1 atom stereocenters. The Morgan fingerprint density at radius 3 is 3.11 bits per heavy atom. The Balaban J connectivity index is 2.13. The van der Waals surface area contributed by atoms with E-state index in [1.165, 1.54) is 6.33 Å². The quantitative estimate of drug-likeness (QED) is 0.617. The maximum absolute atomic E-state index is 11.0. The number of aromatic nitrogens is 2. The first-order valence-electron chi connectivity index (χ1n) is 5.64. The predicted octanol–water partition coefficient (Wildman–Crippen LogP) is 0.984. The molecule has 1 aliphatic rings. The van der Waals surface area contributed by atoms with Crippen LogP contribution in [0.4, 0.5) is 11.5 Å². The minimum atomic E-state index is -0.559. The van der Waals surface area contributed by atoms with Gasteiger partial charge in [0.25, 0.3) is 5.88 Å². The van der Waals surface area contributed by atoms with E-state index in [9.17, 15) is 10.1 Å². The first-order valence-corrected chi connectivity index (χ1v) is 5.64. The van der Waals surface area contributed by atoms with Crippen molar-refractivity contribution in [1.29, 1.82) is 0 Å². The lowest BCUT2D eigenvalue weighted by molar-refractivity contribution is -0.385. The fourth-order valence-corrected chi connectivity index (χ4v) is 1.76. The molecule has 2 heterocycles. The van der Waals surface area contributed by atoms with Crippen molar-refractivity contribution in [3.05, 3.63) is 16.4 Å². The summed E-state index contributed by atoms with van der Waals surface area (Å²) in [5.41, 5.74) is -0.252. The maximum atomic E-state index is 11.0. The molecule has 98 valence electrons. The topological polar surface area (TPSA) is 99.4 Å². The summed E-state index contributed by atoms with van der Waals surface area (Å²) < 4.78 is 10.7. The highest BCUT2D eigenvalue weighted by atomic mass is 16.6. The van der Waals surface area contributed by atoms with Crippen molar-refractivity contribution in [3.63, 3.8) is 0 Å². The molecule has 1 saturated heterocycles. The Labute approximate surface area is 103 Å². The fraction of sp³-hybridized carbons (Fsp3) is 0.600. The van der Waals surface area contributed by atoms with Crippen LogP contribution < -0.4 is 10.1 Å². The molecular weight excluding hydrogens is 240 g/mol. The third kappa shape index (κ3) is 2.65. The van der Waals surface area contributed by atoms with Gasteiger partial charge in [0, 0.05) is 13.7 Å². The van der Waals surface area contributed by atoms with E-state index >= 15 is 0 Å². The van der Waals surface area contributed by atoms with Crippen molar-refractivity contribution in [3.8, 4) is 5.88 Å². The van der Waals surface area contributed by atoms with Crippen molar-refractivity contribution in [1.82, 2.24) is 9.97 Å². The summed E-state index contributed by atoms with van der Waals surface area (Å²) in [6.07, 6.45) is 3.10. The number of hydrogen-bond donors (Lipinski definition) is 1. The van der Waals surface area contributed by atoms with Gasteiger partial charge >= 0.3 is 5.69 Å². The van der Waals surface area contributed by atoms with Crippen LogP contribution in [0.3, 0.4) is 0 Å². The second-order valence-corrected chi connectivity index (χ2v) is 3.83. The molecule has 1 aromatic heterocycles. The van der Waals surface area contributed by atoms with Gasteiger partial charge in [-0.15, -0.1) is 0 Å². The van der Waals surface area contributed by atoms with Crippen molar-refractivity contribution < 1.29 is 14.4 Å². The molecule has 1 aromatic rings. The monoisotopic (exact) mass is 254 g/mol. The summed E-state index contributed by atoms with van der Waals surface area (Å²) in [6.45, 7) is 0.975. The van der Waals surface area contributed by atoms with Crippen LogP contribution in [0, 0.1) is 10.1 Å². The average Bonchev–Trinajstić information content (AvgIpc) is 2.88. The highest BCUT2D eigenvalue weighted by molar-refractivity contribution is 5.60. The van der Waals surface area contributed by atoms with Gasteiger partial charge in [0.1, 0.15) is 12.9 Å². The zero-order chi connectivity index (χ0) is 13.0. The summed E-state index contributed by atoms with van der Waals surface area (Å²) >= 11 is 0. The number of nitro groups is 1. The van der Waals surface area contributed by atoms with Crippen molar-refractivity contribution >= 4 is 11.5 Å². The number of hydrogen-bond acceptors (Lipinski definition) is 7. The SMILES string of the molecule is CNc1ncnc(OCC2CCCO2)c1[N+](=O)[O-]. The van der Waals surface area contributed by atoms with Crippen LogP contribution in [0.15, 0.2) is 6.33 Å². The summed E-state index contributed by atoms with van der Waals surface area (Å²) in [7, 11) is 1.55. The third-order valence-electron chi connectivity index (χ3n) is 2.64. The van der Waals surface area contributed by atoms with Crippen molar-refractivity contribution in [2.24, 2.45) is 0 Å². The molecule has 1 N–H and O–H groups in total. The highest BCUT2D eigenvalue weighted by Gasteiger charge is 2.25. The Hall–Kier alpha value is -1.96. The smallest absolute Gasteiger partial charge is 0.372 e. The van der Waals surface area contributed by atoms with Gasteiger partial charge in [-0.2, -0.15) is 4.98 Å². The van der Waals surface area contributed by atoms with E-state index in [0.29, 0.717) is 6.61 Å². The Bertz CT molecular complexity index is 434. The molecule has 0 amide bonds. The largest absolute Gasteiger partial charge is 0.470 e. The van der Waals surface area contributed by atoms with Crippen LogP contribution in [0.2, 0.25) is 0 Å². The lowest BCUT2D eigenvalue weighted by Gasteiger charge is -2.11. The number of anilines is 1. The molecule has 0 spiro atoms. The normalized spacial score (nSPS) is 18.6. The summed E-state index contributed by atoms with van der Waals surface area (Å²) in [4.78, 5) is 18.0. The van der Waals surface area contributed by atoms with Crippen LogP contribution in [0.5, 0.6) is 5.88 Å². The summed E-state index contributed by atoms with van der Waals surface area (Å²) in [5, 5.41) is 13.6. The maximum Gasteiger partial charge on any atom is 0.372 e. The van der Waals surface area contributed by atoms with E-state index in [4.69, 9.17) is 9.47 Å². The minimum absolute atomic E-state index is 0.0161. The standard InChI is InChI=1S/C10H14N4O4/c1-11-9-8(14(15)16)10(13-6-12-9)18-5-7-3-2-4-17-7/h6-7H,2-5H2,1H3,(H,11,12,13). The van der Waals surface area contributed by atoms with E-state index in [1.807, 2.05) is 0 Å². The number of nitrogens with one attached hydrogen (secondary N) is 1. The van der Waals surface area contributed by atoms with Crippen molar-refractivity contribution in [2.75, 3.05) is 25.6 Å². The van der Waals surface area contributed by atoms with Gasteiger partial charge in [-0.05, 0) is 12.8 Å². The zero-order valence-electron chi connectivity index (χ0n) is 9.96. The average molecular weight is 254 g/mol. The van der Waals surface area contributed by atoms with Gasteiger partial charge in [-0.3, -0.25) is 10.1 Å². The molecule has 18 heavy (non-hydrogen) atoms. The van der Waals surface area contributed by atoms with Crippen molar-refractivity contribution in [2.45, 2.75) is 18.9 Å². The van der Waals surface area contributed by atoms with Gasteiger partial charge < -0.3 is 14.8 Å². The second kappa shape index (κ2) is 5.58. The predicted molar refractivity (Wildman–Crippen MR) is 62.7 cm³/mol. The van der Waals surface area contributed by atoms with Crippen LogP contribution in [-0.2, 0) is 4.74 Å². The van der Waals surface area contributed by atoms with E-state index in [-0.39, 0.29) is 30.1 Å². The van der Waals surface area contributed by atoms with Crippen LogP contribution in [-0.4, -0.2) is 41.3 Å².